The number of benzene rings is 3. The number of hydrogen-bond acceptors (Lipinski definition) is 5. The van der Waals surface area contributed by atoms with Crippen molar-refractivity contribution < 1.29 is 14.2 Å². The highest BCUT2D eigenvalue weighted by Crippen LogP contribution is 2.35. The second-order valence-electron chi connectivity index (χ2n) is 7.62. The molecule has 33 heavy (non-hydrogen) atoms. The molecule has 0 aromatic heterocycles. The van der Waals surface area contributed by atoms with Crippen molar-refractivity contribution in [3.63, 3.8) is 0 Å². The van der Waals surface area contributed by atoms with Crippen molar-refractivity contribution in [3.8, 4) is 11.5 Å². The summed E-state index contributed by atoms with van der Waals surface area (Å²) in [6.07, 6.45) is 0. The predicted molar refractivity (Wildman–Crippen MR) is 136 cm³/mol. The zero-order chi connectivity index (χ0) is 23.2. The maximum Gasteiger partial charge on any atom is 0.163 e. The quantitative estimate of drug-likeness (QED) is 0.368. The third-order valence-corrected chi connectivity index (χ3v) is 6.40. The Morgan fingerprint density at radius 1 is 0.879 bits per heavy atom. The van der Waals surface area contributed by atoms with Gasteiger partial charge in [-0.1, -0.05) is 40.9 Å². The van der Waals surface area contributed by atoms with Crippen LogP contribution in [0, 0.1) is 0 Å². The first-order valence-corrected chi connectivity index (χ1v) is 11.8. The maximum atomic E-state index is 6.55. The lowest BCUT2D eigenvalue weighted by Crippen LogP contribution is -2.36. The fraction of sp³-hybridized carbons (Fsp3) is 0.280. The average Bonchev–Trinajstić information content (AvgIpc) is 2.84. The molecule has 0 aliphatic carbocycles. The number of halogens is 3. The van der Waals surface area contributed by atoms with Gasteiger partial charge in [-0.2, -0.15) is 0 Å². The van der Waals surface area contributed by atoms with Crippen molar-refractivity contribution >= 4 is 46.2 Å². The maximum absolute atomic E-state index is 6.55. The Bertz CT molecular complexity index is 1090. The molecule has 3 aromatic carbocycles. The molecule has 4 rings (SSSR count). The largest absolute Gasteiger partial charge is 0.493 e. The Morgan fingerprint density at radius 3 is 2.30 bits per heavy atom. The van der Waals surface area contributed by atoms with E-state index < -0.39 is 0 Å². The van der Waals surface area contributed by atoms with Crippen LogP contribution in [0.2, 0.25) is 15.1 Å². The van der Waals surface area contributed by atoms with Crippen molar-refractivity contribution in [2.45, 2.75) is 13.2 Å². The molecule has 1 heterocycles. The fourth-order valence-electron chi connectivity index (χ4n) is 3.59. The van der Waals surface area contributed by atoms with Gasteiger partial charge in [-0.3, -0.25) is 0 Å². The van der Waals surface area contributed by atoms with E-state index in [2.05, 4.69) is 34.5 Å². The summed E-state index contributed by atoms with van der Waals surface area (Å²) in [5, 5.41) is 5.14. The van der Waals surface area contributed by atoms with Gasteiger partial charge < -0.3 is 24.4 Å². The zero-order valence-electron chi connectivity index (χ0n) is 18.2. The summed E-state index contributed by atoms with van der Waals surface area (Å²) in [6, 6.07) is 17.3. The molecule has 0 saturated carbocycles. The molecule has 0 radical (unpaired) electrons. The minimum atomic E-state index is 0.274. The predicted octanol–water partition coefficient (Wildman–Crippen LogP) is 6.68. The van der Waals surface area contributed by atoms with Gasteiger partial charge in [-0.25, -0.2) is 0 Å². The monoisotopic (exact) mass is 506 g/mol. The van der Waals surface area contributed by atoms with Gasteiger partial charge >= 0.3 is 0 Å². The number of rotatable bonds is 8. The van der Waals surface area contributed by atoms with Gasteiger partial charge in [0.1, 0.15) is 6.61 Å². The van der Waals surface area contributed by atoms with Crippen LogP contribution in [0.15, 0.2) is 54.6 Å². The van der Waals surface area contributed by atoms with Gasteiger partial charge in [0.05, 0.1) is 20.3 Å². The number of anilines is 2. The molecule has 1 saturated heterocycles. The standard InChI is InChI=1S/C25H25Cl3N2O3/c1-31-24-12-18(15-29-20-4-6-21(7-5-20)30-8-10-32-11-9-30)23(28)14-25(24)33-16-17-2-3-19(26)13-22(17)27/h2-7,12-14,29H,8-11,15-16H2,1H3. The third-order valence-electron chi connectivity index (χ3n) is 5.46. The van der Waals surface area contributed by atoms with E-state index in [0.29, 0.717) is 33.1 Å². The number of methoxy groups -OCH3 is 1. The summed E-state index contributed by atoms with van der Waals surface area (Å²) in [6.45, 7) is 4.20. The Kier molecular flexibility index (Phi) is 8.10. The van der Waals surface area contributed by atoms with Crippen LogP contribution in [0.3, 0.4) is 0 Å². The van der Waals surface area contributed by atoms with Gasteiger partial charge in [0.15, 0.2) is 11.5 Å². The van der Waals surface area contributed by atoms with Crippen LogP contribution in [-0.2, 0) is 17.9 Å². The smallest absolute Gasteiger partial charge is 0.163 e. The summed E-state index contributed by atoms with van der Waals surface area (Å²) in [5.74, 6) is 1.15. The normalized spacial score (nSPS) is 13.6. The topological polar surface area (TPSA) is 43.0 Å². The molecule has 1 aliphatic rings. The molecular formula is C25H25Cl3N2O3. The van der Waals surface area contributed by atoms with Crippen LogP contribution in [0.4, 0.5) is 11.4 Å². The van der Waals surface area contributed by atoms with Crippen molar-refractivity contribution in [1.29, 1.82) is 0 Å². The van der Waals surface area contributed by atoms with E-state index in [1.807, 2.05) is 12.1 Å². The van der Waals surface area contributed by atoms with E-state index in [1.165, 1.54) is 5.69 Å². The average molecular weight is 508 g/mol. The summed E-state index contributed by atoms with van der Waals surface area (Å²) in [7, 11) is 1.60. The van der Waals surface area contributed by atoms with Gasteiger partial charge in [-0.05, 0) is 48.0 Å². The van der Waals surface area contributed by atoms with Crippen molar-refractivity contribution in [3.05, 3.63) is 80.8 Å². The van der Waals surface area contributed by atoms with Crippen LogP contribution in [0.5, 0.6) is 11.5 Å². The van der Waals surface area contributed by atoms with Crippen LogP contribution < -0.4 is 19.7 Å². The summed E-state index contributed by atoms with van der Waals surface area (Å²) >= 11 is 18.8. The number of morpholine rings is 1. The summed E-state index contributed by atoms with van der Waals surface area (Å²) < 4.78 is 16.9. The van der Waals surface area contributed by atoms with E-state index in [1.54, 1.807) is 25.3 Å². The van der Waals surface area contributed by atoms with E-state index in [4.69, 9.17) is 49.0 Å². The van der Waals surface area contributed by atoms with Crippen LogP contribution in [0.25, 0.3) is 0 Å². The van der Waals surface area contributed by atoms with Crippen LogP contribution >= 0.6 is 34.8 Å². The highest BCUT2D eigenvalue weighted by atomic mass is 35.5. The van der Waals surface area contributed by atoms with Gasteiger partial charge in [-0.15, -0.1) is 0 Å². The molecule has 0 amide bonds. The number of nitrogens with zero attached hydrogens (tertiary/aromatic N) is 1. The number of hydrogen-bond donors (Lipinski definition) is 1. The molecule has 0 spiro atoms. The Balaban J connectivity index is 1.40. The van der Waals surface area contributed by atoms with Crippen LogP contribution in [0.1, 0.15) is 11.1 Å². The van der Waals surface area contributed by atoms with Gasteiger partial charge in [0.2, 0.25) is 0 Å². The molecule has 1 N–H and O–H groups in total. The lowest BCUT2D eigenvalue weighted by atomic mass is 10.1. The van der Waals surface area contributed by atoms with Crippen molar-refractivity contribution in [1.82, 2.24) is 0 Å². The second kappa shape index (κ2) is 11.2. The molecule has 0 atom stereocenters. The number of ether oxygens (including phenoxy) is 3. The molecular weight excluding hydrogens is 483 g/mol. The fourth-order valence-corrected chi connectivity index (χ4v) is 4.27. The Hall–Kier alpha value is -2.31. The van der Waals surface area contributed by atoms with Gasteiger partial charge in [0.25, 0.3) is 0 Å². The Labute approximate surface area is 209 Å². The minimum absolute atomic E-state index is 0.274. The Morgan fingerprint density at radius 2 is 1.61 bits per heavy atom. The third kappa shape index (κ3) is 6.18. The summed E-state index contributed by atoms with van der Waals surface area (Å²) in [5.41, 5.74) is 3.94. The molecule has 0 unspecified atom stereocenters. The van der Waals surface area contributed by atoms with Crippen molar-refractivity contribution in [2.24, 2.45) is 0 Å². The zero-order valence-corrected chi connectivity index (χ0v) is 20.5. The lowest BCUT2D eigenvalue weighted by Gasteiger charge is -2.29. The lowest BCUT2D eigenvalue weighted by molar-refractivity contribution is 0.122. The molecule has 5 nitrogen and oxygen atoms in total. The molecule has 0 bridgehead atoms. The highest BCUT2D eigenvalue weighted by Gasteiger charge is 2.13. The van der Waals surface area contributed by atoms with Crippen LogP contribution in [-0.4, -0.2) is 33.4 Å². The second-order valence-corrected chi connectivity index (χ2v) is 8.87. The highest BCUT2D eigenvalue weighted by molar-refractivity contribution is 6.35. The first-order chi connectivity index (χ1) is 16.0. The van der Waals surface area contributed by atoms with Gasteiger partial charge in [0, 0.05) is 57.7 Å². The number of nitrogens with one attached hydrogen (secondary N) is 1. The molecule has 3 aromatic rings. The van der Waals surface area contributed by atoms with E-state index in [0.717, 1.165) is 43.1 Å². The first-order valence-electron chi connectivity index (χ1n) is 10.6. The molecule has 174 valence electrons. The summed E-state index contributed by atoms with van der Waals surface area (Å²) in [4.78, 5) is 2.32. The SMILES string of the molecule is COc1cc(CNc2ccc(N3CCOCC3)cc2)c(Cl)cc1OCc1ccc(Cl)cc1Cl. The van der Waals surface area contributed by atoms with E-state index in [9.17, 15) is 0 Å². The minimum Gasteiger partial charge on any atom is -0.493 e. The van der Waals surface area contributed by atoms with E-state index in [-0.39, 0.29) is 6.61 Å². The molecule has 8 heteroatoms. The first kappa shape index (κ1) is 23.8. The van der Waals surface area contributed by atoms with E-state index >= 15 is 0 Å². The van der Waals surface area contributed by atoms with Crippen molar-refractivity contribution in [2.75, 3.05) is 43.6 Å². The molecule has 1 aliphatic heterocycles. The molecule has 1 fully saturated rings.